The minimum Gasteiger partial charge on any atom is -0.478 e. The summed E-state index contributed by atoms with van der Waals surface area (Å²) in [5.74, 6) is 5.86. The maximum Gasteiger partial charge on any atom is 0.340 e. The van der Waals surface area contributed by atoms with Crippen molar-refractivity contribution in [1.29, 1.82) is 0 Å². The summed E-state index contributed by atoms with van der Waals surface area (Å²) in [7, 11) is 0. The van der Waals surface area contributed by atoms with Gasteiger partial charge in [0.15, 0.2) is 0 Å². The van der Waals surface area contributed by atoms with E-state index in [0.717, 1.165) is 0 Å². The van der Waals surface area contributed by atoms with Crippen LogP contribution in [0.1, 0.15) is 35.7 Å². The summed E-state index contributed by atoms with van der Waals surface area (Å²) in [6.45, 7) is 5.39. The van der Waals surface area contributed by atoms with Gasteiger partial charge in [0.25, 0.3) is 0 Å². The molecule has 0 aliphatic carbocycles. The van der Waals surface area contributed by atoms with Crippen molar-refractivity contribution in [2.24, 2.45) is 0 Å². The summed E-state index contributed by atoms with van der Waals surface area (Å²) in [6, 6.07) is 0. The monoisotopic (exact) mass is 250 g/mol. The van der Waals surface area contributed by atoms with Crippen LogP contribution in [0, 0.1) is 18.8 Å². The van der Waals surface area contributed by atoms with Crippen LogP contribution in [0.5, 0.6) is 0 Å². The first-order chi connectivity index (χ1) is 8.10. The number of carbonyl (C=O) groups is 1. The van der Waals surface area contributed by atoms with E-state index in [1.807, 2.05) is 6.92 Å². The van der Waals surface area contributed by atoms with Gasteiger partial charge in [-0.05, 0) is 13.8 Å². The quantitative estimate of drug-likeness (QED) is 0.504. The average molecular weight is 250 g/mol. The molecule has 1 aromatic rings. The summed E-state index contributed by atoms with van der Waals surface area (Å²) in [5.41, 5.74) is 0.696. The topological polar surface area (TPSA) is 63.1 Å². The Labute approximate surface area is 105 Å². The highest BCUT2D eigenvalue weighted by atomic mass is 32.2. The smallest absolute Gasteiger partial charge is 0.340 e. The zero-order chi connectivity index (χ0) is 12.8. The van der Waals surface area contributed by atoms with Crippen LogP contribution in [0.15, 0.2) is 5.03 Å². The van der Waals surface area contributed by atoms with Crippen LogP contribution in [0.4, 0.5) is 0 Å². The highest BCUT2D eigenvalue weighted by Gasteiger charge is 2.17. The summed E-state index contributed by atoms with van der Waals surface area (Å²) in [4.78, 5) is 19.6. The Kier molecular flexibility index (Phi) is 4.98. The molecule has 1 aromatic heterocycles. The third kappa shape index (κ3) is 3.46. The van der Waals surface area contributed by atoms with E-state index >= 15 is 0 Å². The second-order valence-corrected chi connectivity index (χ2v) is 4.24. The van der Waals surface area contributed by atoms with Crippen LogP contribution in [-0.4, -0.2) is 26.8 Å². The van der Waals surface area contributed by atoms with E-state index < -0.39 is 5.97 Å². The second kappa shape index (κ2) is 6.26. The van der Waals surface area contributed by atoms with Gasteiger partial charge in [-0.25, -0.2) is 14.8 Å². The van der Waals surface area contributed by atoms with Crippen molar-refractivity contribution in [1.82, 2.24) is 9.97 Å². The lowest BCUT2D eigenvalue weighted by Gasteiger charge is -2.07. The van der Waals surface area contributed by atoms with Gasteiger partial charge in [0.2, 0.25) is 0 Å². The maximum atomic E-state index is 11.1. The molecular weight excluding hydrogens is 236 g/mol. The molecule has 90 valence electrons. The third-order valence-corrected chi connectivity index (χ3v) is 2.95. The molecule has 5 heteroatoms. The largest absolute Gasteiger partial charge is 0.478 e. The first kappa shape index (κ1) is 13.5. The lowest BCUT2D eigenvalue weighted by molar-refractivity contribution is 0.0690. The fraction of sp³-hybridized carbons (Fsp3) is 0.417. The summed E-state index contributed by atoms with van der Waals surface area (Å²) in [6.07, 6.45) is 0.688. The molecular formula is C12H14N2O2S. The van der Waals surface area contributed by atoms with Gasteiger partial charge in [0.1, 0.15) is 16.4 Å². The molecule has 1 N–H and O–H groups in total. The molecule has 0 aromatic carbocycles. The number of rotatable bonds is 4. The predicted octanol–water partition coefficient (Wildman–Crippen LogP) is 2.16. The van der Waals surface area contributed by atoms with E-state index in [2.05, 4.69) is 21.8 Å². The maximum absolute atomic E-state index is 11.1. The van der Waals surface area contributed by atoms with Crippen LogP contribution in [0.2, 0.25) is 0 Å². The first-order valence-corrected chi connectivity index (χ1v) is 6.21. The van der Waals surface area contributed by atoms with E-state index in [0.29, 0.717) is 28.7 Å². The highest BCUT2D eigenvalue weighted by molar-refractivity contribution is 7.99. The van der Waals surface area contributed by atoms with Crippen molar-refractivity contribution < 1.29 is 9.90 Å². The molecule has 17 heavy (non-hydrogen) atoms. The number of hydrogen-bond acceptors (Lipinski definition) is 4. The van der Waals surface area contributed by atoms with Crippen LogP contribution in [0.3, 0.4) is 0 Å². The number of nitrogens with zero attached hydrogens (tertiary/aromatic N) is 2. The van der Waals surface area contributed by atoms with Crippen molar-refractivity contribution in [3.63, 3.8) is 0 Å². The molecule has 0 amide bonds. The first-order valence-electron chi connectivity index (χ1n) is 5.23. The van der Waals surface area contributed by atoms with E-state index in [4.69, 9.17) is 5.11 Å². The summed E-state index contributed by atoms with van der Waals surface area (Å²) in [5, 5.41) is 9.64. The van der Waals surface area contributed by atoms with Crippen molar-refractivity contribution in [3.05, 3.63) is 17.1 Å². The van der Waals surface area contributed by atoms with Crippen LogP contribution in [-0.2, 0) is 6.42 Å². The Hall–Kier alpha value is -1.54. The number of carboxylic acids is 1. The fourth-order valence-electron chi connectivity index (χ4n) is 1.29. The van der Waals surface area contributed by atoms with Crippen molar-refractivity contribution in [2.45, 2.75) is 32.2 Å². The molecule has 0 radical (unpaired) electrons. The van der Waals surface area contributed by atoms with E-state index in [1.165, 1.54) is 11.8 Å². The Morgan fingerprint density at radius 2 is 2.18 bits per heavy atom. The van der Waals surface area contributed by atoms with Gasteiger partial charge in [-0.1, -0.05) is 24.6 Å². The number of aromatic carboxylic acids is 1. The van der Waals surface area contributed by atoms with E-state index in [1.54, 1.807) is 13.8 Å². The Bertz CT molecular complexity index is 489. The molecule has 0 bridgehead atoms. The molecule has 0 unspecified atom stereocenters. The van der Waals surface area contributed by atoms with Crippen molar-refractivity contribution in [2.75, 3.05) is 5.75 Å². The molecule has 0 saturated heterocycles. The van der Waals surface area contributed by atoms with Gasteiger partial charge in [-0.2, -0.15) is 0 Å². The van der Waals surface area contributed by atoms with Crippen molar-refractivity contribution >= 4 is 17.7 Å². The molecule has 1 heterocycles. The van der Waals surface area contributed by atoms with Gasteiger partial charge in [0.05, 0.1) is 11.4 Å². The average Bonchev–Trinajstić information content (AvgIpc) is 2.28. The van der Waals surface area contributed by atoms with Gasteiger partial charge < -0.3 is 5.11 Å². The lowest BCUT2D eigenvalue weighted by atomic mass is 10.2. The standard InChI is InChI=1S/C12H14N2O2S/c1-4-6-7-17-11-10(12(15)16)8(3)13-9(5-2)14-11/h5,7H2,1-3H3,(H,15,16). The van der Waals surface area contributed by atoms with E-state index in [9.17, 15) is 4.79 Å². The molecule has 4 nitrogen and oxygen atoms in total. The Balaban J connectivity index is 3.16. The van der Waals surface area contributed by atoms with Gasteiger partial charge >= 0.3 is 5.97 Å². The Morgan fingerprint density at radius 1 is 1.47 bits per heavy atom. The predicted molar refractivity (Wildman–Crippen MR) is 67.3 cm³/mol. The zero-order valence-electron chi connectivity index (χ0n) is 10.1. The molecule has 1 rings (SSSR count). The minimum absolute atomic E-state index is 0.185. The number of thioether (sulfide) groups is 1. The second-order valence-electron chi connectivity index (χ2n) is 3.28. The minimum atomic E-state index is -0.989. The van der Waals surface area contributed by atoms with Crippen LogP contribution in [0.25, 0.3) is 0 Å². The molecule has 0 atom stereocenters. The summed E-state index contributed by atoms with van der Waals surface area (Å²) >= 11 is 1.34. The molecule has 0 saturated carbocycles. The summed E-state index contributed by atoms with van der Waals surface area (Å²) < 4.78 is 0. The number of aryl methyl sites for hydroxylation is 2. The fourth-order valence-corrected chi connectivity index (χ4v) is 2.19. The number of carboxylic acid groups (broad SMARTS) is 1. The van der Waals surface area contributed by atoms with Gasteiger partial charge in [-0.3, -0.25) is 0 Å². The molecule has 0 fully saturated rings. The molecule has 0 aliphatic rings. The molecule has 0 spiro atoms. The van der Waals surface area contributed by atoms with Gasteiger partial charge in [-0.15, -0.1) is 5.92 Å². The Morgan fingerprint density at radius 3 is 2.71 bits per heavy atom. The normalized spacial score (nSPS) is 9.59. The third-order valence-electron chi connectivity index (χ3n) is 2.09. The van der Waals surface area contributed by atoms with E-state index in [-0.39, 0.29) is 5.56 Å². The lowest BCUT2D eigenvalue weighted by Crippen LogP contribution is -2.09. The molecule has 0 aliphatic heterocycles. The van der Waals surface area contributed by atoms with Crippen LogP contribution < -0.4 is 0 Å². The SMILES string of the molecule is CC#CCSc1nc(CC)nc(C)c1C(=O)O. The number of aromatic nitrogens is 2. The van der Waals surface area contributed by atoms with Crippen LogP contribution >= 0.6 is 11.8 Å². The van der Waals surface area contributed by atoms with Crippen molar-refractivity contribution in [3.8, 4) is 11.8 Å². The number of hydrogen-bond donors (Lipinski definition) is 1. The highest BCUT2D eigenvalue weighted by Crippen LogP contribution is 2.22. The zero-order valence-corrected chi connectivity index (χ0v) is 10.9. The van der Waals surface area contributed by atoms with Gasteiger partial charge in [0, 0.05) is 6.42 Å².